The Hall–Kier alpha value is -4.43. The number of aromatic nitrogens is 2. The average molecular weight is 728 g/mol. The van der Waals surface area contributed by atoms with Crippen LogP contribution in [0.15, 0.2) is 54.6 Å². The number of pyridine rings is 2. The Kier molecular flexibility index (Phi) is 12.4. The Morgan fingerprint density at radius 3 is 2.35 bits per heavy atom. The van der Waals surface area contributed by atoms with Gasteiger partial charge in [-0.25, -0.2) is 4.98 Å². The summed E-state index contributed by atoms with van der Waals surface area (Å²) >= 11 is 7.08. The number of alkyl halides is 3. The van der Waals surface area contributed by atoms with Gasteiger partial charge >= 0.3 is 12.1 Å². The monoisotopic (exact) mass is 727 g/mol. The summed E-state index contributed by atoms with van der Waals surface area (Å²) in [6.07, 6.45) is -2.77. The van der Waals surface area contributed by atoms with E-state index in [0.29, 0.717) is 48.1 Å². The summed E-state index contributed by atoms with van der Waals surface area (Å²) in [5.74, 6) is -0.928. The molecule has 10 nitrogen and oxygen atoms in total. The number of nitrogens with one attached hydrogen (secondary N) is 3. The molecule has 2 aromatic carbocycles. The number of aliphatic carboxylic acids is 1. The number of ether oxygens (including phenoxy) is 2. The van der Waals surface area contributed by atoms with Gasteiger partial charge in [0.25, 0.3) is 0 Å². The van der Waals surface area contributed by atoms with Crippen molar-refractivity contribution < 1.29 is 37.7 Å². The lowest BCUT2D eigenvalue weighted by molar-refractivity contribution is -0.137. The number of rotatable bonds is 16. The maximum Gasteiger partial charge on any atom is 0.419 e. The van der Waals surface area contributed by atoms with Crippen LogP contribution >= 0.6 is 11.6 Å². The number of hydrogen-bond donors (Lipinski definition) is 5. The van der Waals surface area contributed by atoms with E-state index in [4.69, 9.17) is 31.2 Å². The number of carbonyl (C=O) groups is 1. The molecule has 4 aromatic rings. The summed E-state index contributed by atoms with van der Waals surface area (Å²) in [6.45, 7) is 2.73. The zero-order valence-electron chi connectivity index (χ0n) is 28.5. The summed E-state index contributed by atoms with van der Waals surface area (Å²) in [6, 6.07) is 15.7. The van der Waals surface area contributed by atoms with Crippen molar-refractivity contribution in [1.29, 1.82) is 0 Å². The number of halogens is 4. The first-order chi connectivity index (χ1) is 24.5. The number of aliphatic hydroxyl groups is 1. The Labute approximate surface area is 299 Å². The van der Waals surface area contributed by atoms with Crippen LogP contribution in [0.2, 0.25) is 5.02 Å². The highest BCUT2D eigenvalue weighted by molar-refractivity contribution is 6.36. The minimum absolute atomic E-state index is 0.0414. The third kappa shape index (κ3) is 8.73. The van der Waals surface area contributed by atoms with Crippen LogP contribution in [0.3, 0.4) is 0 Å². The molecule has 0 saturated heterocycles. The van der Waals surface area contributed by atoms with Gasteiger partial charge in [0.1, 0.15) is 5.82 Å². The Bertz CT molecular complexity index is 1850. The lowest BCUT2D eigenvalue weighted by Crippen LogP contribution is -2.24. The Morgan fingerprint density at radius 1 is 0.980 bits per heavy atom. The van der Waals surface area contributed by atoms with E-state index < -0.39 is 30.3 Å². The van der Waals surface area contributed by atoms with Crippen molar-refractivity contribution >= 4 is 23.4 Å². The first-order valence-corrected chi connectivity index (χ1v) is 17.0. The fourth-order valence-corrected chi connectivity index (χ4v) is 6.64. The van der Waals surface area contributed by atoms with E-state index in [-0.39, 0.29) is 36.3 Å². The van der Waals surface area contributed by atoms with Crippen molar-refractivity contribution in [2.24, 2.45) is 5.92 Å². The molecule has 2 aromatic heterocycles. The van der Waals surface area contributed by atoms with Crippen molar-refractivity contribution in [2.45, 2.75) is 51.5 Å². The summed E-state index contributed by atoms with van der Waals surface area (Å²) < 4.78 is 53.8. The number of benzene rings is 2. The van der Waals surface area contributed by atoms with Crippen molar-refractivity contribution in [3.8, 4) is 34.1 Å². The third-order valence-corrected chi connectivity index (χ3v) is 9.42. The molecular formula is C37H41ClF3N5O5. The number of carboxylic acid groups (broad SMARTS) is 1. The van der Waals surface area contributed by atoms with Crippen LogP contribution in [0, 0.1) is 5.92 Å². The molecular weight excluding hydrogens is 687 g/mol. The molecule has 0 spiro atoms. The normalized spacial score (nSPS) is 14.6. The van der Waals surface area contributed by atoms with E-state index in [0.717, 1.165) is 40.3 Å². The Balaban J connectivity index is 1.42. The van der Waals surface area contributed by atoms with Crippen molar-refractivity contribution in [3.63, 3.8) is 0 Å². The van der Waals surface area contributed by atoms with E-state index in [1.807, 2.05) is 55.5 Å². The zero-order valence-corrected chi connectivity index (χ0v) is 29.3. The van der Waals surface area contributed by atoms with Crippen LogP contribution in [0.25, 0.3) is 22.4 Å². The molecule has 14 heteroatoms. The minimum atomic E-state index is -4.73. The number of carboxylic acids is 1. The van der Waals surface area contributed by atoms with Crippen LogP contribution in [0.4, 0.5) is 19.0 Å². The lowest BCUT2D eigenvalue weighted by Gasteiger charge is -2.21. The summed E-state index contributed by atoms with van der Waals surface area (Å²) in [4.78, 5) is 19.9. The van der Waals surface area contributed by atoms with Gasteiger partial charge in [0.2, 0.25) is 11.8 Å². The average Bonchev–Trinajstić information content (AvgIpc) is 3.52. The van der Waals surface area contributed by atoms with Crippen molar-refractivity contribution in [1.82, 2.24) is 20.6 Å². The van der Waals surface area contributed by atoms with Gasteiger partial charge in [-0.3, -0.25) is 4.79 Å². The van der Waals surface area contributed by atoms with Crippen molar-refractivity contribution in [3.05, 3.63) is 87.4 Å². The largest absolute Gasteiger partial charge is 0.481 e. The van der Waals surface area contributed by atoms with Crippen molar-refractivity contribution in [2.75, 3.05) is 39.2 Å². The van der Waals surface area contributed by atoms with E-state index in [1.54, 1.807) is 7.11 Å². The molecule has 2 atom stereocenters. The third-order valence-electron chi connectivity index (χ3n) is 9.02. The topological polar surface area (TPSA) is 138 Å². The fraction of sp³-hybridized carbons (Fsp3) is 0.378. The van der Waals surface area contributed by atoms with Crippen LogP contribution in [-0.2, 0) is 30.5 Å². The molecule has 1 aliphatic rings. The molecule has 0 radical (unpaired) electrons. The number of hydrogen-bond acceptors (Lipinski definition) is 9. The molecule has 0 unspecified atom stereocenters. The van der Waals surface area contributed by atoms with Gasteiger partial charge in [-0.2, -0.15) is 18.2 Å². The molecule has 51 heavy (non-hydrogen) atoms. The van der Waals surface area contributed by atoms with Gasteiger partial charge in [0.15, 0.2) is 0 Å². The molecule has 0 aliphatic heterocycles. The molecule has 2 heterocycles. The highest BCUT2D eigenvalue weighted by Crippen LogP contribution is 2.45. The van der Waals surface area contributed by atoms with Gasteiger partial charge < -0.3 is 35.6 Å². The number of aliphatic hydroxyl groups excluding tert-OH is 1. The maximum absolute atomic E-state index is 14.3. The standard InChI is InChI=1S/C37H41ClF3N5O5/c1-4-21(20-47)16-42-17-22-11-13-31(45-35(22)50-2)28-10-6-9-27(33(28)38)24-7-5-8-26-25(24)12-14-30(26)44-34-29(37(39,40)41)15-23(36(46-34)51-3)18-43-19-32(48)49/h5-11,13,15,21,30,42-43,47H,4,12,14,16-20H2,1-3H3,(H,44,46)(H,48,49)/t21-,30-/m0/s1. The quantitative estimate of drug-likeness (QED) is 0.0831. The summed E-state index contributed by atoms with van der Waals surface area (Å²) in [5.41, 5.74) is 4.73. The van der Waals surface area contributed by atoms with Gasteiger partial charge in [-0.1, -0.05) is 61.0 Å². The van der Waals surface area contributed by atoms with Gasteiger partial charge in [-0.15, -0.1) is 0 Å². The second-order valence-corrected chi connectivity index (χ2v) is 12.7. The molecule has 1 aliphatic carbocycles. The van der Waals surface area contributed by atoms with Crippen LogP contribution in [-0.4, -0.2) is 60.1 Å². The molecule has 5 rings (SSSR count). The van der Waals surface area contributed by atoms with Gasteiger partial charge in [0.05, 0.1) is 43.1 Å². The summed E-state index contributed by atoms with van der Waals surface area (Å²) in [7, 11) is 2.86. The van der Waals surface area contributed by atoms with E-state index >= 15 is 0 Å². The molecule has 272 valence electrons. The smallest absolute Gasteiger partial charge is 0.419 e. The zero-order chi connectivity index (χ0) is 36.7. The lowest BCUT2D eigenvalue weighted by atomic mass is 9.94. The molecule has 0 fully saturated rings. The number of methoxy groups -OCH3 is 2. The molecule has 0 bridgehead atoms. The van der Waals surface area contributed by atoms with Gasteiger partial charge in [-0.05, 0) is 54.0 Å². The second kappa shape index (κ2) is 16.7. The maximum atomic E-state index is 14.3. The van der Waals surface area contributed by atoms with E-state index in [1.165, 1.54) is 7.11 Å². The number of fused-ring (bicyclic) bond motifs is 1. The molecule has 0 amide bonds. The SMILES string of the molecule is CC[C@H](CO)CNCc1ccc(-c2cccc(-c3cccc4c3CC[C@@H]4Nc3nc(OC)c(CNCC(=O)O)cc3C(F)(F)F)c2Cl)nc1OC. The number of nitrogens with zero attached hydrogens (tertiary/aromatic N) is 2. The Morgan fingerprint density at radius 2 is 1.67 bits per heavy atom. The van der Waals surface area contributed by atoms with Crippen LogP contribution in [0.1, 0.15) is 53.6 Å². The predicted octanol–water partition coefficient (Wildman–Crippen LogP) is 6.88. The van der Waals surface area contributed by atoms with Crippen LogP contribution < -0.4 is 25.4 Å². The summed E-state index contributed by atoms with van der Waals surface area (Å²) in [5, 5.41) is 27.8. The van der Waals surface area contributed by atoms with E-state index in [9.17, 15) is 23.1 Å². The molecule has 5 N–H and O–H groups in total. The minimum Gasteiger partial charge on any atom is -0.481 e. The predicted molar refractivity (Wildman–Crippen MR) is 189 cm³/mol. The first-order valence-electron chi connectivity index (χ1n) is 16.6. The fourth-order valence-electron chi connectivity index (χ4n) is 6.31. The first kappa shape index (κ1) is 37.8. The second-order valence-electron chi connectivity index (χ2n) is 12.3. The highest BCUT2D eigenvalue weighted by Gasteiger charge is 2.37. The van der Waals surface area contributed by atoms with Crippen LogP contribution in [0.5, 0.6) is 11.8 Å². The highest BCUT2D eigenvalue weighted by atomic mass is 35.5. The van der Waals surface area contributed by atoms with Gasteiger partial charge in [0, 0.05) is 48.5 Å². The van der Waals surface area contributed by atoms with E-state index in [2.05, 4.69) is 20.9 Å². The number of anilines is 1. The molecule has 0 saturated carbocycles.